The highest BCUT2D eigenvalue weighted by atomic mass is 16.4. The Morgan fingerprint density at radius 2 is 1.94 bits per heavy atom. The Bertz CT molecular complexity index is 272. The van der Waals surface area contributed by atoms with Gasteiger partial charge in [-0.05, 0) is 12.8 Å². The molecule has 1 fully saturated rings. The standard InChI is InChI=1S/C14H22O2/c1-2-3-4-5-6-7-8-9-10-12-11-13(12)14(15)16/h12-13H,2-8,11H2,1H3,(H,15,16). The Morgan fingerprint density at radius 1 is 1.25 bits per heavy atom. The summed E-state index contributed by atoms with van der Waals surface area (Å²) in [7, 11) is 0. The minimum atomic E-state index is -0.682. The molecule has 0 saturated heterocycles. The molecule has 0 heterocycles. The smallest absolute Gasteiger partial charge is 0.307 e. The van der Waals surface area contributed by atoms with Crippen molar-refractivity contribution in [2.45, 2.75) is 58.3 Å². The molecule has 2 atom stereocenters. The van der Waals surface area contributed by atoms with Gasteiger partial charge in [0.1, 0.15) is 0 Å². The van der Waals surface area contributed by atoms with Crippen molar-refractivity contribution in [3.05, 3.63) is 0 Å². The summed E-state index contributed by atoms with van der Waals surface area (Å²) >= 11 is 0. The van der Waals surface area contributed by atoms with Gasteiger partial charge in [0.2, 0.25) is 0 Å². The van der Waals surface area contributed by atoms with Crippen LogP contribution in [0.3, 0.4) is 0 Å². The molecule has 0 aromatic rings. The van der Waals surface area contributed by atoms with Crippen LogP contribution in [-0.4, -0.2) is 11.1 Å². The second kappa shape index (κ2) is 7.33. The van der Waals surface area contributed by atoms with E-state index in [0.717, 1.165) is 12.8 Å². The van der Waals surface area contributed by atoms with Crippen molar-refractivity contribution in [2.75, 3.05) is 0 Å². The number of unbranched alkanes of at least 4 members (excludes halogenated alkanes) is 6. The SMILES string of the molecule is CCCCCCCCC#CC1CC1C(=O)O. The molecule has 0 aromatic heterocycles. The van der Waals surface area contributed by atoms with Crippen LogP contribution in [0.15, 0.2) is 0 Å². The third-order valence-corrected chi connectivity index (χ3v) is 3.05. The second-order valence-electron chi connectivity index (χ2n) is 4.63. The van der Waals surface area contributed by atoms with Crippen molar-refractivity contribution in [1.82, 2.24) is 0 Å². The molecule has 1 N–H and O–H groups in total. The van der Waals surface area contributed by atoms with Crippen molar-refractivity contribution in [3.8, 4) is 11.8 Å². The van der Waals surface area contributed by atoms with Gasteiger partial charge in [-0.25, -0.2) is 0 Å². The maximum Gasteiger partial charge on any atom is 0.307 e. The Labute approximate surface area is 98.4 Å². The molecule has 0 aromatic carbocycles. The monoisotopic (exact) mass is 222 g/mol. The van der Waals surface area contributed by atoms with Gasteiger partial charge in [-0.1, -0.05) is 44.9 Å². The number of rotatable bonds is 7. The molecule has 0 spiro atoms. The number of aliphatic carboxylic acids is 1. The molecule has 1 saturated carbocycles. The summed E-state index contributed by atoms with van der Waals surface area (Å²) in [5, 5.41) is 8.68. The lowest BCUT2D eigenvalue weighted by molar-refractivity contribution is -0.138. The molecule has 2 nitrogen and oxygen atoms in total. The van der Waals surface area contributed by atoms with Crippen molar-refractivity contribution in [2.24, 2.45) is 11.8 Å². The van der Waals surface area contributed by atoms with Crippen LogP contribution < -0.4 is 0 Å². The predicted molar refractivity (Wildman–Crippen MR) is 65.0 cm³/mol. The maximum absolute atomic E-state index is 10.5. The molecule has 2 heteroatoms. The van der Waals surface area contributed by atoms with Gasteiger partial charge in [-0.2, -0.15) is 0 Å². The molecule has 16 heavy (non-hydrogen) atoms. The highest BCUT2D eigenvalue weighted by Gasteiger charge is 2.41. The van der Waals surface area contributed by atoms with E-state index in [4.69, 9.17) is 5.11 Å². The first kappa shape index (κ1) is 13.1. The van der Waals surface area contributed by atoms with Crippen molar-refractivity contribution in [3.63, 3.8) is 0 Å². The van der Waals surface area contributed by atoms with E-state index in [1.54, 1.807) is 0 Å². The molecular formula is C14H22O2. The van der Waals surface area contributed by atoms with Gasteiger partial charge in [0, 0.05) is 12.3 Å². The molecule has 0 bridgehead atoms. The van der Waals surface area contributed by atoms with Crippen molar-refractivity contribution >= 4 is 5.97 Å². The first-order valence-corrected chi connectivity index (χ1v) is 6.47. The van der Waals surface area contributed by atoms with Crippen LogP contribution >= 0.6 is 0 Å². The zero-order valence-corrected chi connectivity index (χ0v) is 10.2. The van der Waals surface area contributed by atoms with Crippen LogP contribution in [0.1, 0.15) is 58.3 Å². The molecule has 1 aliphatic carbocycles. The quantitative estimate of drug-likeness (QED) is 0.529. The molecule has 0 aliphatic heterocycles. The number of carbonyl (C=O) groups is 1. The third-order valence-electron chi connectivity index (χ3n) is 3.05. The predicted octanol–water partition coefficient (Wildman–Crippen LogP) is 3.46. The zero-order chi connectivity index (χ0) is 11.8. The van der Waals surface area contributed by atoms with Crippen LogP contribution in [0.4, 0.5) is 0 Å². The van der Waals surface area contributed by atoms with Gasteiger partial charge in [0.05, 0.1) is 5.92 Å². The van der Waals surface area contributed by atoms with E-state index in [9.17, 15) is 4.79 Å². The van der Waals surface area contributed by atoms with E-state index in [1.807, 2.05) is 0 Å². The lowest BCUT2D eigenvalue weighted by Gasteiger charge is -1.96. The van der Waals surface area contributed by atoms with Crippen LogP contribution in [-0.2, 0) is 4.79 Å². The Kier molecular flexibility index (Phi) is 6.00. The van der Waals surface area contributed by atoms with E-state index in [1.165, 1.54) is 38.5 Å². The van der Waals surface area contributed by atoms with E-state index in [2.05, 4.69) is 18.8 Å². The van der Waals surface area contributed by atoms with E-state index < -0.39 is 5.97 Å². The van der Waals surface area contributed by atoms with Crippen molar-refractivity contribution in [1.29, 1.82) is 0 Å². The lowest BCUT2D eigenvalue weighted by Crippen LogP contribution is -1.98. The Morgan fingerprint density at radius 3 is 2.56 bits per heavy atom. The second-order valence-corrected chi connectivity index (χ2v) is 4.63. The number of carboxylic acids is 1. The van der Waals surface area contributed by atoms with Crippen molar-refractivity contribution < 1.29 is 9.90 Å². The highest BCUT2D eigenvalue weighted by molar-refractivity contribution is 5.74. The fraction of sp³-hybridized carbons (Fsp3) is 0.786. The van der Waals surface area contributed by atoms with Gasteiger partial charge in [-0.15, -0.1) is 5.92 Å². The fourth-order valence-corrected chi connectivity index (χ4v) is 1.82. The van der Waals surface area contributed by atoms with E-state index in [-0.39, 0.29) is 11.8 Å². The normalized spacial score (nSPS) is 22.3. The molecule has 1 aliphatic rings. The van der Waals surface area contributed by atoms with Crippen LogP contribution in [0, 0.1) is 23.7 Å². The summed E-state index contributed by atoms with van der Waals surface area (Å²) < 4.78 is 0. The first-order valence-electron chi connectivity index (χ1n) is 6.47. The van der Waals surface area contributed by atoms with Gasteiger partial charge >= 0.3 is 5.97 Å². The van der Waals surface area contributed by atoms with Crippen LogP contribution in [0.2, 0.25) is 0 Å². The average Bonchev–Trinajstić information content (AvgIpc) is 3.01. The summed E-state index contributed by atoms with van der Waals surface area (Å²) in [5.74, 6) is 5.47. The first-order chi connectivity index (χ1) is 7.75. The average molecular weight is 222 g/mol. The van der Waals surface area contributed by atoms with Crippen LogP contribution in [0.25, 0.3) is 0 Å². The van der Waals surface area contributed by atoms with Gasteiger partial charge < -0.3 is 5.11 Å². The maximum atomic E-state index is 10.5. The topological polar surface area (TPSA) is 37.3 Å². The number of hydrogen-bond acceptors (Lipinski definition) is 1. The summed E-state index contributed by atoms with van der Waals surface area (Å²) in [6, 6.07) is 0. The third kappa shape index (κ3) is 5.21. The van der Waals surface area contributed by atoms with Gasteiger partial charge in [0.15, 0.2) is 0 Å². The summed E-state index contributed by atoms with van der Waals surface area (Å²) in [6.45, 7) is 2.22. The molecule has 0 amide bonds. The largest absolute Gasteiger partial charge is 0.481 e. The minimum absolute atomic E-state index is 0.151. The molecular weight excluding hydrogens is 200 g/mol. The molecule has 90 valence electrons. The van der Waals surface area contributed by atoms with E-state index >= 15 is 0 Å². The van der Waals surface area contributed by atoms with Crippen LogP contribution in [0.5, 0.6) is 0 Å². The summed E-state index contributed by atoms with van der Waals surface area (Å²) in [5.41, 5.74) is 0. The summed E-state index contributed by atoms with van der Waals surface area (Å²) in [6.07, 6.45) is 9.42. The number of hydrogen-bond donors (Lipinski definition) is 1. The fourth-order valence-electron chi connectivity index (χ4n) is 1.82. The summed E-state index contributed by atoms with van der Waals surface area (Å²) in [4.78, 5) is 10.5. The zero-order valence-electron chi connectivity index (χ0n) is 10.2. The number of carboxylic acid groups (broad SMARTS) is 1. The molecule has 0 radical (unpaired) electrons. The molecule has 2 unspecified atom stereocenters. The highest BCUT2D eigenvalue weighted by Crippen LogP contribution is 2.37. The van der Waals surface area contributed by atoms with E-state index in [0.29, 0.717) is 0 Å². The van der Waals surface area contributed by atoms with Gasteiger partial charge in [-0.3, -0.25) is 4.79 Å². The Hall–Kier alpha value is -0.970. The lowest BCUT2D eigenvalue weighted by atomic mass is 10.1. The van der Waals surface area contributed by atoms with Gasteiger partial charge in [0.25, 0.3) is 0 Å². The minimum Gasteiger partial charge on any atom is -0.481 e. The Balaban J connectivity index is 1.92. The molecule has 1 rings (SSSR count).